The van der Waals surface area contributed by atoms with Crippen LogP contribution >= 0.6 is 0 Å². The normalized spacial score (nSPS) is 11.3. The van der Waals surface area contributed by atoms with E-state index in [0.29, 0.717) is 17.8 Å². The molecule has 0 atom stereocenters. The lowest BCUT2D eigenvalue weighted by Gasteiger charge is -2.32. The largest absolute Gasteiger partial charge is 0.465 e. The number of carbonyl (C=O) groups is 1. The highest BCUT2D eigenvalue weighted by molar-refractivity contribution is 5.90. The number of methoxy groups -OCH3 is 1. The topological polar surface area (TPSA) is 68.5 Å². The van der Waals surface area contributed by atoms with Crippen LogP contribution in [0, 0.1) is 12.3 Å². The third kappa shape index (κ3) is 4.70. The van der Waals surface area contributed by atoms with Crippen molar-refractivity contribution >= 4 is 11.8 Å². The van der Waals surface area contributed by atoms with Gasteiger partial charge >= 0.3 is 5.97 Å². The van der Waals surface area contributed by atoms with Gasteiger partial charge in [0.2, 0.25) is 0 Å². The second-order valence-corrected chi connectivity index (χ2v) is 6.08. The smallest absolute Gasteiger partial charge is 0.339 e. The van der Waals surface area contributed by atoms with Gasteiger partial charge in [-0.05, 0) is 37.4 Å². The Labute approximate surface area is 127 Å². The first-order valence-electron chi connectivity index (χ1n) is 7.35. The molecule has 5 heteroatoms. The van der Waals surface area contributed by atoms with Crippen molar-refractivity contribution in [3.05, 3.63) is 23.4 Å². The first-order chi connectivity index (χ1) is 9.84. The average Bonchev–Trinajstić information content (AvgIpc) is 2.45. The second kappa shape index (κ2) is 7.41. The zero-order valence-electron chi connectivity index (χ0n) is 13.8. The minimum absolute atomic E-state index is 0.0196. The molecule has 5 nitrogen and oxygen atoms in total. The molecule has 1 rings (SSSR count). The summed E-state index contributed by atoms with van der Waals surface area (Å²) in [6.07, 6.45) is 1.03. The van der Waals surface area contributed by atoms with E-state index in [4.69, 9.17) is 10.5 Å². The molecule has 1 heterocycles. The summed E-state index contributed by atoms with van der Waals surface area (Å²) < 4.78 is 4.75. The first-order valence-corrected chi connectivity index (χ1v) is 7.35. The Morgan fingerprint density at radius 2 is 2.10 bits per heavy atom. The van der Waals surface area contributed by atoms with Gasteiger partial charge in [-0.1, -0.05) is 20.8 Å². The molecule has 0 radical (unpaired) electrons. The van der Waals surface area contributed by atoms with Crippen LogP contribution in [0.4, 0.5) is 5.82 Å². The Kier molecular flexibility index (Phi) is 6.15. The number of nitrogens with two attached hydrogens (primary N) is 1. The third-order valence-electron chi connectivity index (χ3n) is 3.47. The molecule has 0 bridgehead atoms. The van der Waals surface area contributed by atoms with Crippen LogP contribution < -0.4 is 10.6 Å². The maximum absolute atomic E-state index is 11.6. The predicted octanol–water partition coefficient (Wildman–Crippen LogP) is 2.38. The molecule has 0 saturated carbocycles. The zero-order chi connectivity index (χ0) is 16.0. The Bertz CT molecular complexity index is 486. The van der Waals surface area contributed by atoms with E-state index in [9.17, 15) is 4.79 Å². The van der Waals surface area contributed by atoms with Crippen LogP contribution in [0.15, 0.2) is 12.1 Å². The number of carbonyl (C=O) groups excluding carboxylic acids is 1. The number of hydrogen-bond donors (Lipinski definition) is 1. The summed E-state index contributed by atoms with van der Waals surface area (Å²) in [4.78, 5) is 18.4. The molecule has 21 heavy (non-hydrogen) atoms. The van der Waals surface area contributed by atoms with Crippen LogP contribution in [0.25, 0.3) is 0 Å². The maximum atomic E-state index is 11.6. The molecule has 0 spiro atoms. The van der Waals surface area contributed by atoms with Gasteiger partial charge in [0.15, 0.2) is 0 Å². The Morgan fingerprint density at radius 3 is 2.57 bits per heavy atom. The van der Waals surface area contributed by atoms with E-state index >= 15 is 0 Å². The van der Waals surface area contributed by atoms with E-state index in [1.807, 2.05) is 13.0 Å². The van der Waals surface area contributed by atoms with Crippen LogP contribution in [0.3, 0.4) is 0 Å². The summed E-state index contributed by atoms with van der Waals surface area (Å²) in [5.74, 6) is 0.527. The molecule has 0 aliphatic rings. The van der Waals surface area contributed by atoms with Crippen molar-refractivity contribution in [3.63, 3.8) is 0 Å². The SMILES string of the molecule is CCCN(CC(C)(C)CN)c1ccc(C(=O)OC)c(C)n1. The Hall–Kier alpha value is -1.62. The van der Waals surface area contributed by atoms with Gasteiger partial charge in [-0.3, -0.25) is 0 Å². The molecule has 0 fully saturated rings. The minimum Gasteiger partial charge on any atom is -0.465 e. The highest BCUT2D eigenvalue weighted by Crippen LogP contribution is 2.21. The van der Waals surface area contributed by atoms with E-state index in [1.165, 1.54) is 7.11 Å². The van der Waals surface area contributed by atoms with Gasteiger partial charge in [-0.15, -0.1) is 0 Å². The summed E-state index contributed by atoms with van der Waals surface area (Å²) in [6.45, 7) is 10.6. The summed E-state index contributed by atoms with van der Waals surface area (Å²) in [5, 5.41) is 0. The number of aryl methyl sites for hydroxylation is 1. The van der Waals surface area contributed by atoms with Crippen LogP contribution in [-0.4, -0.2) is 37.7 Å². The van der Waals surface area contributed by atoms with Crippen LogP contribution in [0.2, 0.25) is 0 Å². The molecule has 0 aromatic carbocycles. The fourth-order valence-corrected chi connectivity index (χ4v) is 2.18. The molecular formula is C16H27N3O2. The summed E-state index contributed by atoms with van der Waals surface area (Å²) in [5.41, 5.74) is 7.05. The lowest BCUT2D eigenvalue weighted by atomic mass is 9.93. The van der Waals surface area contributed by atoms with Crippen molar-refractivity contribution in [2.24, 2.45) is 11.1 Å². The fourth-order valence-electron chi connectivity index (χ4n) is 2.18. The van der Waals surface area contributed by atoms with E-state index in [1.54, 1.807) is 6.07 Å². The number of ether oxygens (including phenoxy) is 1. The number of nitrogens with zero attached hydrogens (tertiary/aromatic N) is 2. The van der Waals surface area contributed by atoms with Crippen molar-refractivity contribution in [1.29, 1.82) is 0 Å². The average molecular weight is 293 g/mol. The van der Waals surface area contributed by atoms with Crippen molar-refractivity contribution < 1.29 is 9.53 Å². The highest BCUT2D eigenvalue weighted by Gasteiger charge is 2.21. The predicted molar refractivity (Wildman–Crippen MR) is 85.7 cm³/mol. The lowest BCUT2D eigenvalue weighted by Crippen LogP contribution is -2.39. The molecule has 1 aromatic rings. The number of rotatable bonds is 7. The second-order valence-electron chi connectivity index (χ2n) is 6.08. The quantitative estimate of drug-likeness (QED) is 0.782. The fraction of sp³-hybridized carbons (Fsp3) is 0.625. The van der Waals surface area contributed by atoms with E-state index in [2.05, 4.69) is 30.7 Å². The van der Waals surface area contributed by atoms with E-state index < -0.39 is 0 Å². The number of hydrogen-bond acceptors (Lipinski definition) is 5. The number of esters is 1. The minimum atomic E-state index is -0.351. The van der Waals surface area contributed by atoms with E-state index in [0.717, 1.165) is 25.3 Å². The molecule has 0 saturated heterocycles. The van der Waals surface area contributed by atoms with E-state index in [-0.39, 0.29) is 11.4 Å². The number of pyridine rings is 1. The molecule has 0 aliphatic heterocycles. The van der Waals surface area contributed by atoms with Crippen molar-refractivity contribution in [2.45, 2.75) is 34.1 Å². The van der Waals surface area contributed by atoms with Gasteiger partial charge in [-0.25, -0.2) is 9.78 Å². The standard InChI is InChI=1S/C16H27N3O2/c1-6-9-19(11-16(3,4)10-17)14-8-7-13(12(2)18-14)15(20)21-5/h7-8H,6,9-11,17H2,1-5H3. The van der Waals surface area contributed by atoms with Gasteiger partial charge in [0.05, 0.1) is 18.4 Å². The molecule has 1 aromatic heterocycles. The molecule has 118 valence electrons. The third-order valence-corrected chi connectivity index (χ3v) is 3.47. The van der Waals surface area contributed by atoms with Crippen LogP contribution in [0.1, 0.15) is 43.2 Å². The zero-order valence-corrected chi connectivity index (χ0v) is 13.8. The van der Waals surface area contributed by atoms with Crippen molar-refractivity contribution in [3.8, 4) is 0 Å². The highest BCUT2D eigenvalue weighted by atomic mass is 16.5. The molecule has 0 unspecified atom stereocenters. The van der Waals surface area contributed by atoms with Gasteiger partial charge in [0.1, 0.15) is 5.82 Å². The molecule has 2 N–H and O–H groups in total. The number of anilines is 1. The molecule has 0 amide bonds. The first kappa shape index (κ1) is 17.4. The summed E-state index contributed by atoms with van der Waals surface area (Å²) in [7, 11) is 1.38. The Morgan fingerprint density at radius 1 is 1.43 bits per heavy atom. The Balaban J connectivity index is 3.04. The number of aromatic nitrogens is 1. The molecular weight excluding hydrogens is 266 g/mol. The maximum Gasteiger partial charge on any atom is 0.339 e. The monoisotopic (exact) mass is 293 g/mol. The summed E-state index contributed by atoms with van der Waals surface area (Å²) in [6, 6.07) is 3.66. The van der Waals surface area contributed by atoms with Crippen molar-refractivity contribution in [2.75, 3.05) is 31.6 Å². The van der Waals surface area contributed by atoms with Gasteiger partial charge in [-0.2, -0.15) is 0 Å². The molecule has 0 aliphatic carbocycles. The van der Waals surface area contributed by atoms with Crippen LogP contribution in [-0.2, 0) is 4.74 Å². The van der Waals surface area contributed by atoms with Crippen LogP contribution in [0.5, 0.6) is 0 Å². The lowest BCUT2D eigenvalue weighted by molar-refractivity contribution is 0.0599. The van der Waals surface area contributed by atoms with Crippen molar-refractivity contribution in [1.82, 2.24) is 4.98 Å². The van der Waals surface area contributed by atoms with Gasteiger partial charge in [0, 0.05) is 13.1 Å². The van der Waals surface area contributed by atoms with Gasteiger partial charge in [0.25, 0.3) is 0 Å². The van der Waals surface area contributed by atoms with Gasteiger partial charge < -0.3 is 15.4 Å². The summed E-state index contributed by atoms with van der Waals surface area (Å²) >= 11 is 0.